The maximum Gasteiger partial charge on any atom is 0.335 e. The van der Waals surface area contributed by atoms with Crippen LogP contribution in [-0.2, 0) is 17.9 Å². The molecule has 31 heavy (non-hydrogen) atoms. The van der Waals surface area contributed by atoms with Crippen LogP contribution < -0.4 is 10.6 Å². The highest BCUT2D eigenvalue weighted by Gasteiger charge is 2.16. The lowest BCUT2D eigenvalue weighted by Gasteiger charge is -2.09. The van der Waals surface area contributed by atoms with Crippen LogP contribution in [0.3, 0.4) is 0 Å². The van der Waals surface area contributed by atoms with Gasteiger partial charge in [-0.25, -0.2) is 4.79 Å². The number of carboxylic acid groups (broad SMARTS) is 1. The van der Waals surface area contributed by atoms with E-state index in [-0.39, 0.29) is 46.1 Å². The average Bonchev–Trinajstić information content (AvgIpc) is 3.41. The summed E-state index contributed by atoms with van der Waals surface area (Å²) in [6.07, 6.45) is 1.41. The van der Waals surface area contributed by atoms with Gasteiger partial charge in [0.25, 0.3) is 5.91 Å². The summed E-state index contributed by atoms with van der Waals surface area (Å²) in [5, 5.41) is 23.3. The second-order valence-electron chi connectivity index (χ2n) is 6.14. The molecule has 0 atom stereocenters. The van der Waals surface area contributed by atoms with Gasteiger partial charge in [0.15, 0.2) is 16.7 Å². The molecule has 0 aliphatic rings. The zero-order valence-electron chi connectivity index (χ0n) is 16.3. The number of nitrogens with one attached hydrogen (secondary N) is 2. The number of aromatic carboxylic acids is 1. The molecule has 12 heteroatoms. The molecule has 0 spiro atoms. The van der Waals surface area contributed by atoms with Gasteiger partial charge >= 0.3 is 5.97 Å². The van der Waals surface area contributed by atoms with Crippen molar-refractivity contribution in [2.45, 2.75) is 25.2 Å². The van der Waals surface area contributed by atoms with Gasteiger partial charge in [0.05, 0.1) is 34.8 Å². The molecule has 0 aliphatic carbocycles. The minimum atomic E-state index is -1.12. The van der Waals surface area contributed by atoms with E-state index in [0.717, 1.165) is 11.8 Å². The van der Waals surface area contributed by atoms with Crippen LogP contribution in [0.25, 0.3) is 0 Å². The van der Waals surface area contributed by atoms with Crippen molar-refractivity contribution in [1.82, 2.24) is 20.1 Å². The molecule has 0 aliphatic heterocycles. The summed E-state index contributed by atoms with van der Waals surface area (Å²) in [4.78, 5) is 35.4. The van der Waals surface area contributed by atoms with E-state index in [1.165, 1.54) is 24.5 Å². The fraction of sp³-hybridized carbons (Fsp3) is 0.211. The molecule has 1 aromatic carbocycles. The zero-order chi connectivity index (χ0) is 22.4. The molecule has 0 saturated heterocycles. The highest BCUT2D eigenvalue weighted by molar-refractivity contribution is 7.99. The number of hydrogen-bond donors (Lipinski definition) is 3. The molecule has 3 rings (SSSR count). The third-order valence-corrected chi connectivity index (χ3v) is 5.38. The highest BCUT2D eigenvalue weighted by atomic mass is 35.5. The Morgan fingerprint density at radius 2 is 2.06 bits per heavy atom. The largest absolute Gasteiger partial charge is 0.478 e. The van der Waals surface area contributed by atoms with Gasteiger partial charge < -0.3 is 24.7 Å². The number of halogens is 1. The summed E-state index contributed by atoms with van der Waals surface area (Å²) in [7, 11) is 0. The fourth-order valence-corrected chi connectivity index (χ4v) is 3.58. The minimum absolute atomic E-state index is 0.00448. The van der Waals surface area contributed by atoms with Crippen LogP contribution in [0.5, 0.6) is 0 Å². The molecule has 162 valence electrons. The van der Waals surface area contributed by atoms with Crippen LogP contribution >= 0.6 is 23.4 Å². The zero-order valence-corrected chi connectivity index (χ0v) is 17.9. The van der Waals surface area contributed by atoms with Crippen molar-refractivity contribution < 1.29 is 23.9 Å². The van der Waals surface area contributed by atoms with Gasteiger partial charge in [-0.1, -0.05) is 23.4 Å². The predicted molar refractivity (Wildman–Crippen MR) is 113 cm³/mol. The quantitative estimate of drug-likeness (QED) is 0.411. The number of rotatable bonds is 9. The minimum Gasteiger partial charge on any atom is -0.478 e. The number of benzene rings is 1. The summed E-state index contributed by atoms with van der Waals surface area (Å²) in [5.41, 5.74) is 0.227. The van der Waals surface area contributed by atoms with Gasteiger partial charge in [-0.05, 0) is 37.3 Å². The van der Waals surface area contributed by atoms with Crippen LogP contribution in [0.4, 0.5) is 5.69 Å². The number of thioether (sulfide) groups is 1. The van der Waals surface area contributed by atoms with Gasteiger partial charge in [0.1, 0.15) is 0 Å². The number of carbonyl (C=O) groups is 3. The first-order valence-corrected chi connectivity index (χ1v) is 10.4. The second kappa shape index (κ2) is 10.1. The Labute approximate surface area is 186 Å². The molecule has 0 saturated carbocycles. The molecular weight excluding hydrogens is 446 g/mol. The lowest BCUT2D eigenvalue weighted by molar-refractivity contribution is -0.113. The lowest BCUT2D eigenvalue weighted by Crippen LogP contribution is -2.24. The van der Waals surface area contributed by atoms with E-state index in [1.807, 2.05) is 6.92 Å². The van der Waals surface area contributed by atoms with Gasteiger partial charge in [-0.3, -0.25) is 9.59 Å². The van der Waals surface area contributed by atoms with Crippen molar-refractivity contribution in [2.75, 3.05) is 11.1 Å². The van der Waals surface area contributed by atoms with Crippen LogP contribution in [0.2, 0.25) is 5.02 Å². The summed E-state index contributed by atoms with van der Waals surface area (Å²) >= 11 is 7.18. The number of carboxylic acids is 1. The van der Waals surface area contributed by atoms with Crippen molar-refractivity contribution in [3.05, 3.63) is 58.8 Å². The highest BCUT2D eigenvalue weighted by Crippen LogP contribution is 2.24. The molecule has 0 radical (unpaired) electrons. The number of furan rings is 1. The Kier molecular flexibility index (Phi) is 7.32. The Morgan fingerprint density at radius 1 is 1.26 bits per heavy atom. The van der Waals surface area contributed by atoms with Crippen molar-refractivity contribution in [2.24, 2.45) is 0 Å². The first kappa shape index (κ1) is 22.4. The van der Waals surface area contributed by atoms with Crippen LogP contribution in [-0.4, -0.2) is 43.4 Å². The molecule has 3 aromatic rings. The van der Waals surface area contributed by atoms with Crippen LogP contribution in [0, 0.1) is 0 Å². The maximum absolute atomic E-state index is 12.3. The van der Waals surface area contributed by atoms with E-state index in [9.17, 15) is 14.4 Å². The lowest BCUT2D eigenvalue weighted by atomic mass is 10.2. The third kappa shape index (κ3) is 5.64. The molecule has 10 nitrogen and oxygen atoms in total. The maximum atomic E-state index is 12.3. The number of anilines is 1. The van der Waals surface area contributed by atoms with Gasteiger partial charge in [0, 0.05) is 6.54 Å². The van der Waals surface area contributed by atoms with E-state index in [1.54, 1.807) is 16.7 Å². The van der Waals surface area contributed by atoms with E-state index in [4.69, 9.17) is 21.1 Å². The smallest absolute Gasteiger partial charge is 0.335 e. The Balaban J connectivity index is 1.59. The van der Waals surface area contributed by atoms with Crippen LogP contribution in [0.15, 0.2) is 46.2 Å². The topological polar surface area (TPSA) is 139 Å². The second-order valence-corrected chi connectivity index (χ2v) is 7.49. The molecule has 0 bridgehead atoms. The van der Waals surface area contributed by atoms with E-state index >= 15 is 0 Å². The number of hydrogen-bond acceptors (Lipinski definition) is 7. The summed E-state index contributed by atoms with van der Waals surface area (Å²) in [6, 6.07) is 7.23. The van der Waals surface area contributed by atoms with E-state index in [0.29, 0.717) is 17.5 Å². The molecular formula is C19H18ClN5O5S. The molecule has 0 fully saturated rings. The number of carbonyl (C=O) groups excluding carboxylic acids is 2. The molecule has 3 N–H and O–H groups in total. The Hall–Kier alpha value is -3.31. The molecule has 2 aromatic heterocycles. The number of nitrogens with zero attached hydrogens (tertiary/aromatic N) is 3. The monoisotopic (exact) mass is 463 g/mol. The molecule has 2 amide bonds. The number of amides is 2. The standard InChI is InChI=1S/C19H18ClN5O5S/c1-2-25-15(9-21-17(27)14-4-3-7-30-14)23-24-19(25)31-10-16(26)22-13-8-11(18(28)29)5-6-12(13)20/h3-8H,2,9-10H2,1H3,(H,21,27)(H,22,26)(H,28,29). The average molecular weight is 464 g/mol. The SMILES string of the molecule is CCn1c(CNC(=O)c2ccco2)nnc1SCC(=O)Nc1cc(C(=O)O)ccc1Cl. The molecule has 2 heterocycles. The predicted octanol–water partition coefficient (Wildman–Crippen LogP) is 2.90. The van der Waals surface area contributed by atoms with Crippen molar-refractivity contribution in [3.8, 4) is 0 Å². The van der Waals surface area contributed by atoms with Crippen LogP contribution in [0.1, 0.15) is 33.7 Å². The van der Waals surface area contributed by atoms with Crippen molar-refractivity contribution >= 4 is 46.8 Å². The van der Waals surface area contributed by atoms with Gasteiger partial charge in [-0.15, -0.1) is 10.2 Å². The van der Waals surface area contributed by atoms with E-state index < -0.39 is 5.97 Å². The van der Waals surface area contributed by atoms with E-state index in [2.05, 4.69) is 20.8 Å². The summed E-state index contributed by atoms with van der Waals surface area (Å²) in [5.74, 6) is -1.14. The normalized spacial score (nSPS) is 10.6. The third-order valence-electron chi connectivity index (χ3n) is 4.08. The summed E-state index contributed by atoms with van der Waals surface area (Å²) in [6.45, 7) is 2.57. The Morgan fingerprint density at radius 3 is 2.74 bits per heavy atom. The first-order chi connectivity index (χ1) is 14.9. The molecule has 0 unspecified atom stereocenters. The van der Waals surface area contributed by atoms with Crippen molar-refractivity contribution in [3.63, 3.8) is 0 Å². The van der Waals surface area contributed by atoms with Gasteiger partial charge in [-0.2, -0.15) is 0 Å². The fourth-order valence-electron chi connectivity index (χ4n) is 2.60. The number of aromatic nitrogens is 3. The summed E-state index contributed by atoms with van der Waals surface area (Å²) < 4.78 is 6.82. The van der Waals surface area contributed by atoms with Gasteiger partial charge in [0.2, 0.25) is 5.91 Å². The first-order valence-electron chi connectivity index (χ1n) is 9.08. The Bertz CT molecular complexity index is 1100. The van der Waals surface area contributed by atoms with Crippen molar-refractivity contribution in [1.29, 1.82) is 0 Å².